The van der Waals surface area contributed by atoms with Crippen LogP contribution in [-0.2, 0) is 10.7 Å². The molecule has 1 aromatic carbocycles. The molecule has 0 saturated carbocycles. The molecule has 188 valence electrons. The first-order valence-electron chi connectivity index (χ1n) is 10.7. The van der Waals surface area contributed by atoms with E-state index in [0.717, 1.165) is 6.07 Å². The van der Waals surface area contributed by atoms with Crippen molar-refractivity contribution in [2.45, 2.75) is 26.1 Å². The molecule has 0 saturated heterocycles. The standard InChI is InChI=1S/C24H21ClF4N5OP/c1-12(15-7-5-6-8-16(15)24(27,28)29)33-22-19(25)13(2)32-18-9-17(26)20(34-21(18)22)14-10-30-23(31-11-14)36(3,4)35/h5-12H,1-4H3,(H,32,33). The van der Waals surface area contributed by atoms with Crippen molar-refractivity contribution in [1.82, 2.24) is 19.9 Å². The third-order valence-corrected chi connectivity index (χ3v) is 7.16. The van der Waals surface area contributed by atoms with Gasteiger partial charge in [0.25, 0.3) is 0 Å². The van der Waals surface area contributed by atoms with Crippen LogP contribution >= 0.6 is 18.7 Å². The molecule has 0 amide bonds. The van der Waals surface area contributed by atoms with Gasteiger partial charge in [-0.15, -0.1) is 0 Å². The van der Waals surface area contributed by atoms with Crippen LogP contribution in [0.2, 0.25) is 5.02 Å². The quantitative estimate of drug-likeness (QED) is 0.227. The summed E-state index contributed by atoms with van der Waals surface area (Å²) >= 11 is 6.51. The van der Waals surface area contributed by atoms with E-state index >= 15 is 4.39 Å². The summed E-state index contributed by atoms with van der Waals surface area (Å²) in [5, 5.41) is 3.17. The molecular weight excluding hydrogens is 517 g/mol. The minimum atomic E-state index is -4.55. The molecule has 6 nitrogen and oxygen atoms in total. The number of halogens is 5. The number of aryl methyl sites for hydroxylation is 1. The summed E-state index contributed by atoms with van der Waals surface area (Å²) in [7, 11) is -2.72. The van der Waals surface area contributed by atoms with E-state index in [9.17, 15) is 17.7 Å². The van der Waals surface area contributed by atoms with Gasteiger partial charge in [-0.3, -0.25) is 0 Å². The van der Waals surface area contributed by atoms with Gasteiger partial charge >= 0.3 is 6.18 Å². The summed E-state index contributed by atoms with van der Waals surface area (Å²) in [5.41, 5.74) is 0.400. The number of aromatic nitrogens is 4. The fraction of sp³-hybridized carbons (Fsp3) is 0.250. The molecule has 1 atom stereocenters. The molecule has 0 aliphatic heterocycles. The lowest BCUT2D eigenvalue weighted by molar-refractivity contribution is -0.138. The molecule has 0 aliphatic rings. The Balaban J connectivity index is 1.84. The highest BCUT2D eigenvalue weighted by molar-refractivity contribution is 7.69. The number of anilines is 1. The Morgan fingerprint density at radius 3 is 2.33 bits per heavy atom. The molecule has 4 aromatic rings. The fourth-order valence-electron chi connectivity index (χ4n) is 3.75. The van der Waals surface area contributed by atoms with E-state index in [0.29, 0.717) is 5.69 Å². The van der Waals surface area contributed by atoms with Gasteiger partial charge in [0.15, 0.2) is 11.4 Å². The number of nitrogens with one attached hydrogen (secondary N) is 1. The van der Waals surface area contributed by atoms with Crippen LogP contribution in [0.1, 0.15) is 29.8 Å². The van der Waals surface area contributed by atoms with Gasteiger partial charge < -0.3 is 9.88 Å². The Labute approximate surface area is 209 Å². The van der Waals surface area contributed by atoms with E-state index < -0.39 is 30.7 Å². The third kappa shape index (κ3) is 5.06. The second-order valence-electron chi connectivity index (χ2n) is 8.65. The van der Waals surface area contributed by atoms with Crippen molar-refractivity contribution in [2.24, 2.45) is 0 Å². The van der Waals surface area contributed by atoms with Gasteiger partial charge in [0, 0.05) is 30.1 Å². The first-order valence-corrected chi connectivity index (χ1v) is 13.7. The Morgan fingerprint density at radius 2 is 1.72 bits per heavy atom. The van der Waals surface area contributed by atoms with Crippen molar-refractivity contribution in [2.75, 3.05) is 18.6 Å². The van der Waals surface area contributed by atoms with Gasteiger partial charge in [-0.1, -0.05) is 29.8 Å². The molecule has 0 fully saturated rings. The molecular formula is C24H21ClF4N5OP. The predicted octanol–water partition coefficient (Wildman–Crippen LogP) is 6.63. The van der Waals surface area contributed by atoms with E-state index in [-0.39, 0.29) is 44.1 Å². The van der Waals surface area contributed by atoms with Crippen molar-refractivity contribution < 1.29 is 22.1 Å². The summed E-state index contributed by atoms with van der Waals surface area (Å²) in [6, 6.07) is 5.55. The molecule has 0 spiro atoms. The van der Waals surface area contributed by atoms with Crippen LogP contribution in [-0.4, -0.2) is 33.3 Å². The van der Waals surface area contributed by atoms with Gasteiger partial charge in [-0.2, -0.15) is 13.2 Å². The number of rotatable bonds is 5. The summed E-state index contributed by atoms with van der Waals surface area (Å²) in [4.78, 5) is 16.8. The summed E-state index contributed by atoms with van der Waals surface area (Å²) < 4.78 is 68.0. The average Bonchev–Trinajstić information content (AvgIpc) is 2.80. The number of benzene rings is 1. The second-order valence-corrected chi connectivity index (χ2v) is 12.1. The highest BCUT2D eigenvalue weighted by Gasteiger charge is 2.34. The zero-order valence-electron chi connectivity index (χ0n) is 19.7. The first-order chi connectivity index (χ1) is 16.8. The lowest BCUT2D eigenvalue weighted by Gasteiger charge is -2.22. The molecule has 1 unspecified atom stereocenters. The van der Waals surface area contributed by atoms with E-state index in [1.807, 2.05) is 0 Å². The first kappa shape index (κ1) is 26.0. The maximum Gasteiger partial charge on any atom is 0.416 e. The highest BCUT2D eigenvalue weighted by Crippen LogP contribution is 2.39. The molecule has 4 rings (SSSR count). The van der Waals surface area contributed by atoms with Crippen LogP contribution in [0.25, 0.3) is 22.3 Å². The number of nitrogens with zero attached hydrogens (tertiary/aromatic N) is 4. The summed E-state index contributed by atoms with van der Waals surface area (Å²) in [6.45, 7) is 6.20. The Morgan fingerprint density at radius 1 is 1.08 bits per heavy atom. The molecule has 3 aromatic heterocycles. The number of hydrogen-bond donors (Lipinski definition) is 1. The van der Waals surface area contributed by atoms with Crippen LogP contribution in [0.5, 0.6) is 0 Å². The van der Waals surface area contributed by atoms with Crippen molar-refractivity contribution in [3.63, 3.8) is 0 Å². The average molecular weight is 538 g/mol. The van der Waals surface area contributed by atoms with E-state index in [2.05, 4.69) is 25.3 Å². The van der Waals surface area contributed by atoms with Crippen molar-refractivity contribution >= 4 is 41.0 Å². The topological polar surface area (TPSA) is 80.7 Å². The van der Waals surface area contributed by atoms with Crippen molar-refractivity contribution in [3.8, 4) is 11.3 Å². The van der Waals surface area contributed by atoms with Crippen LogP contribution in [0.15, 0.2) is 42.7 Å². The fourth-order valence-corrected chi connectivity index (χ4v) is 4.60. The SMILES string of the molecule is Cc1nc2cc(F)c(-c3cnc(P(C)(C)=O)nc3)nc2c(NC(C)c2ccccc2C(F)(F)F)c1Cl. The highest BCUT2D eigenvalue weighted by atomic mass is 35.5. The van der Waals surface area contributed by atoms with Crippen molar-refractivity contribution in [3.05, 3.63) is 70.4 Å². The molecule has 3 heterocycles. The Kier molecular flexibility index (Phi) is 6.79. The van der Waals surface area contributed by atoms with Gasteiger partial charge in [0.1, 0.15) is 18.4 Å². The normalized spacial score (nSPS) is 13.1. The van der Waals surface area contributed by atoms with Crippen molar-refractivity contribution in [1.29, 1.82) is 0 Å². The van der Waals surface area contributed by atoms with Gasteiger partial charge in [-0.25, -0.2) is 24.3 Å². The molecule has 36 heavy (non-hydrogen) atoms. The van der Waals surface area contributed by atoms with Gasteiger partial charge in [-0.05, 0) is 38.8 Å². The van der Waals surface area contributed by atoms with E-state index in [1.54, 1.807) is 13.8 Å². The lowest BCUT2D eigenvalue weighted by atomic mass is 10.0. The lowest BCUT2D eigenvalue weighted by Crippen LogP contribution is -2.16. The molecule has 0 radical (unpaired) electrons. The molecule has 1 N–H and O–H groups in total. The summed E-state index contributed by atoms with van der Waals surface area (Å²) in [5.74, 6) is -0.703. The number of alkyl halides is 3. The summed E-state index contributed by atoms with van der Waals surface area (Å²) in [6.07, 6.45) is -1.91. The third-order valence-electron chi connectivity index (χ3n) is 5.50. The zero-order valence-corrected chi connectivity index (χ0v) is 21.3. The number of fused-ring (bicyclic) bond motifs is 1. The smallest absolute Gasteiger partial charge is 0.375 e. The van der Waals surface area contributed by atoms with Gasteiger partial charge in [0.2, 0.25) is 0 Å². The van der Waals surface area contributed by atoms with Crippen LogP contribution in [0.4, 0.5) is 23.2 Å². The van der Waals surface area contributed by atoms with Crippen LogP contribution in [0.3, 0.4) is 0 Å². The monoisotopic (exact) mass is 537 g/mol. The molecule has 12 heteroatoms. The van der Waals surface area contributed by atoms with Crippen LogP contribution in [0, 0.1) is 12.7 Å². The minimum absolute atomic E-state index is 0.0126. The Bertz CT molecular complexity index is 1510. The van der Waals surface area contributed by atoms with Crippen LogP contribution < -0.4 is 10.9 Å². The molecule has 0 aliphatic carbocycles. The second kappa shape index (κ2) is 9.41. The van der Waals surface area contributed by atoms with E-state index in [4.69, 9.17) is 11.6 Å². The zero-order chi connectivity index (χ0) is 26.4. The number of pyridine rings is 2. The maximum atomic E-state index is 15.0. The van der Waals surface area contributed by atoms with E-state index in [1.165, 1.54) is 50.0 Å². The van der Waals surface area contributed by atoms with Gasteiger partial charge in [0.05, 0.1) is 27.5 Å². The number of hydrogen-bond acceptors (Lipinski definition) is 6. The molecule has 0 bridgehead atoms. The minimum Gasteiger partial charge on any atom is -0.375 e. The predicted molar refractivity (Wildman–Crippen MR) is 133 cm³/mol. The Hall–Kier alpha value is -3.10. The maximum absolute atomic E-state index is 15.0. The largest absolute Gasteiger partial charge is 0.416 e.